The molecule has 0 aliphatic carbocycles. The van der Waals surface area contributed by atoms with Gasteiger partial charge < -0.3 is 14.8 Å². The fraction of sp³-hybridized carbons (Fsp3) is 0.296. The molecule has 3 aromatic carbocycles. The molecule has 0 atom stereocenters. The smallest absolute Gasteiger partial charge is 0.220 e. The molecule has 1 N–H and O–H groups in total. The Bertz CT molecular complexity index is 897. The van der Waals surface area contributed by atoms with E-state index >= 15 is 0 Å². The van der Waals surface area contributed by atoms with Crippen molar-refractivity contribution in [3.63, 3.8) is 0 Å². The minimum Gasteiger partial charge on any atom is -0.381 e. The van der Waals surface area contributed by atoms with Gasteiger partial charge in [-0.2, -0.15) is 0 Å². The summed E-state index contributed by atoms with van der Waals surface area (Å²) < 4.78 is 11.5. The average molecular weight is 418 g/mol. The maximum atomic E-state index is 12.2. The van der Waals surface area contributed by atoms with Crippen LogP contribution < -0.4 is 5.32 Å². The van der Waals surface area contributed by atoms with Gasteiger partial charge in [-0.15, -0.1) is 0 Å². The number of ether oxygens (including phenoxy) is 2. The van der Waals surface area contributed by atoms with Crippen molar-refractivity contribution in [3.8, 4) is 0 Å². The molecule has 0 spiro atoms. The van der Waals surface area contributed by atoms with Crippen molar-refractivity contribution in [2.45, 2.75) is 39.0 Å². The van der Waals surface area contributed by atoms with Crippen LogP contribution in [-0.2, 0) is 40.4 Å². The third kappa shape index (κ3) is 8.75. The van der Waals surface area contributed by atoms with Gasteiger partial charge in [-0.25, -0.2) is 0 Å². The number of hydrogen-bond donors (Lipinski definition) is 1. The van der Waals surface area contributed by atoms with E-state index in [4.69, 9.17) is 9.47 Å². The molecule has 3 rings (SSSR count). The standard InChI is InChI=1S/C27H31NO3/c29-27(16-9-18-30-19-17-23-10-3-1-4-11-23)28-20-25-14-7-8-15-26(25)22-31-21-24-12-5-2-6-13-24/h1-8,10-15H,9,16-22H2,(H,28,29). The molecule has 4 nitrogen and oxygen atoms in total. The van der Waals surface area contributed by atoms with Crippen molar-refractivity contribution < 1.29 is 14.3 Å². The first kappa shape index (κ1) is 22.7. The zero-order valence-electron chi connectivity index (χ0n) is 18.0. The Hall–Kier alpha value is -2.95. The minimum atomic E-state index is 0.0478. The van der Waals surface area contributed by atoms with Gasteiger partial charge in [-0.05, 0) is 35.1 Å². The zero-order chi connectivity index (χ0) is 21.6. The Labute approximate surface area is 185 Å². The van der Waals surface area contributed by atoms with Crippen LogP contribution in [0.4, 0.5) is 0 Å². The fourth-order valence-electron chi connectivity index (χ4n) is 3.28. The zero-order valence-corrected chi connectivity index (χ0v) is 18.0. The van der Waals surface area contributed by atoms with Crippen LogP contribution in [0.1, 0.15) is 35.1 Å². The number of carbonyl (C=O) groups is 1. The van der Waals surface area contributed by atoms with Crippen molar-refractivity contribution in [1.82, 2.24) is 5.32 Å². The van der Waals surface area contributed by atoms with Gasteiger partial charge in [0.1, 0.15) is 0 Å². The molecule has 162 valence electrons. The lowest BCUT2D eigenvalue weighted by atomic mass is 10.1. The van der Waals surface area contributed by atoms with Crippen molar-refractivity contribution >= 4 is 5.91 Å². The summed E-state index contributed by atoms with van der Waals surface area (Å²) in [5.41, 5.74) is 4.61. The first-order valence-electron chi connectivity index (χ1n) is 10.9. The first-order chi connectivity index (χ1) is 15.3. The lowest BCUT2D eigenvalue weighted by Crippen LogP contribution is -2.23. The number of amides is 1. The van der Waals surface area contributed by atoms with E-state index in [0.29, 0.717) is 39.4 Å². The molecule has 0 radical (unpaired) electrons. The third-order valence-electron chi connectivity index (χ3n) is 5.03. The van der Waals surface area contributed by atoms with E-state index in [-0.39, 0.29) is 5.91 Å². The van der Waals surface area contributed by atoms with Crippen LogP contribution in [0.25, 0.3) is 0 Å². The number of hydrogen-bond acceptors (Lipinski definition) is 3. The maximum Gasteiger partial charge on any atom is 0.220 e. The number of nitrogens with one attached hydrogen (secondary N) is 1. The molecule has 0 aliphatic heterocycles. The van der Waals surface area contributed by atoms with Crippen molar-refractivity contribution in [2.24, 2.45) is 0 Å². The summed E-state index contributed by atoms with van der Waals surface area (Å²) in [6.07, 6.45) is 2.09. The van der Waals surface area contributed by atoms with E-state index in [9.17, 15) is 4.79 Å². The monoisotopic (exact) mass is 417 g/mol. The lowest BCUT2D eigenvalue weighted by molar-refractivity contribution is -0.121. The summed E-state index contributed by atoms with van der Waals surface area (Å²) >= 11 is 0. The quantitative estimate of drug-likeness (QED) is 0.396. The topological polar surface area (TPSA) is 47.6 Å². The minimum absolute atomic E-state index is 0.0478. The van der Waals surface area contributed by atoms with E-state index in [0.717, 1.165) is 29.5 Å². The van der Waals surface area contributed by atoms with Gasteiger partial charge in [0.15, 0.2) is 0 Å². The van der Waals surface area contributed by atoms with Crippen molar-refractivity contribution in [2.75, 3.05) is 13.2 Å². The highest BCUT2D eigenvalue weighted by Crippen LogP contribution is 2.12. The van der Waals surface area contributed by atoms with E-state index in [1.807, 2.05) is 60.7 Å². The molecular weight excluding hydrogens is 386 g/mol. The van der Waals surface area contributed by atoms with Gasteiger partial charge in [0.25, 0.3) is 0 Å². The number of rotatable bonds is 13. The second kappa shape index (κ2) is 13.4. The highest BCUT2D eigenvalue weighted by molar-refractivity contribution is 5.75. The molecule has 0 saturated heterocycles. The molecule has 0 aromatic heterocycles. The molecule has 1 amide bonds. The van der Waals surface area contributed by atoms with Crippen molar-refractivity contribution in [1.29, 1.82) is 0 Å². The Morgan fingerprint density at radius 1 is 0.677 bits per heavy atom. The summed E-state index contributed by atoms with van der Waals surface area (Å²) in [4.78, 5) is 12.2. The summed E-state index contributed by atoms with van der Waals surface area (Å²) in [7, 11) is 0. The fourth-order valence-corrected chi connectivity index (χ4v) is 3.28. The first-order valence-corrected chi connectivity index (χ1v) is 10.9. The molecule has 0 bridgehead atoms. The van der Waals surface area contributed by atoms with Crippen LogP contribution in [0.2, 0.25) is 0 Å². The van der Waals surface area contributed by atoms with E-state index < -0.39 is 0 Å². The van der Waals surface area contributed by atoms with E-state index in [1.54, 1.807) is 0 Å². The normalized spacial score (nSPS) is 10.7. The summed E-state index contributed by atoms with van der Waals surface area (Å²) in [5, 5.41) is 3.01. The number of carbonyl (C=O) groups excluding carboxylic acids is 1. The average Bonchev–Trinajstić information content (AvgIpc) is 2.82. The van der Waals surface area contributed by atoms with E-state index in [1.165, 1.54) is 5.56 Å². The van der Waals surface area contributed by atoms with Crippen LogP contribution in [0.3, 0.4) is 0 Å². The van der Waals surface area contributed by atoms with Gasteiger partial charge in [-0.1, -0.05) is 84.9 Å². The van der Waals surface area contributed by atoms with Gasteiger partial charge in [0.2, 0.25) is 5.91 Å². The largest absolute Gasteiger partial charge is 0.381 e. The van der Waals surface area contributed by atoms with Crippen LogP contribution in [-0.4, -0.2) is 19.1 Å². The summed E-state index contributed by atoms with van der Waals surface area (Å²) in [6.45, 7) is 2.90. The molecule has 0 fully saturated rings. The van der Waals surface area contributed by atoms with Gasteiger partial charge >= 0.3 is 0 Å². The molecule has 0 unspecified atom stereocenters. The van der Waals surface area contributed by atoms with Gasteiger partial charge in [0.05, 0.1) is 19.8 Å². The highest BCUT2D eigenvalue weighted by Gasteiger charge is 2.06. The predicted octanol–water partition coefficient (Wildman–Crippen LogP) is 5.06. The second-order valence-corrected chi connectivity index (χ2v) is 7.48. The molecule has 0 saturated carbocycles. The predicted molar refractivity (Wildman–Crippen MR) is 123 cm³/mol. The van der Waals surface area contributed by atoms with Crippen molar-refractivity contribution in [3.05, 3.63) is 107 Å². The molecule has 4 heteroatoms. The molecule has 0 aliphatic rings. The highest BCUT2D eigenvalue weighted by atomic mass is 16.5. The second-order valence-electron chi connectivity index (χ2n) is 7.48. The third-order valence-corrected chi connectivity index (χ3v) is 5.03. The Morgan fingerprint density at radius 3 is 2.06 bits per heavy atom. The summed E-state index contributed by atoms with van der Waals surface area (Å²) in [5.74, 6) is 0.0478. The summed E-state index contributed by atoms with van der Waals surface area (Å²) in [6, 6.07) is 28.5. The van der Waals surface area contributed by atoms with Gasteiger partial charge in [0, 0.05) is 19.6 Å². The molecule has 0 heterocycles. The molecule has 31 heavy (non-hydrogen) atoms. The Balaban J connectivity index is 1.30. The van der Waals surface area contributed by atoms with Crippen LogP contribution >= 0.6 is 0 Å². The van der Waals surface area contributed by atoms with Crippen LogP contribution in [0.15, 0.2) is 84.9 Å². The van der Waals surface area contributed by atoms with E-state index in [2.05, 4.69) is 29.6 Å². The lowest BCUT2D eigenvalue weighted by Gasteiger charge is -2.12. The van der Waals surface area contributed by atoms with Crippen LogP contribution in [0, 0.1) is 0 Å². The maximum absolute atomic E-state index is 12.2. The van der Waals surface area contributed by atoms with Gasteiger partial charge in [-0.3, -0.25) is 4.79 Å². The molecular formula is C27H31NO3. The Morgan fingerprint density at radius 2 is 1.32 bits per heavy atom. The Kier molecular flexibility index (Phi) is 9.80. The molecule has 3 aromatic rings. The SMILES string of the molecule is O=C(CCCOCCc1ccccc1)NCc1ccccc1COCc1ccccc1. The number of benzene rings is 3. The van der Waals surface area contributed by atoms with Crippen LogP contribution in [0.5, 0.6) is 0 Å².